The molecule has 45 heavy (non-hydrogen) atoms. The van der Waals surface area contributed by atoms with E-state index >= 15 is 0 Å². The van der Waals surface area contributed by atoms with Crippen LogP contribution in [0.2, 0.25) is 0 Å². The quantitative estimate of drug-likeness (QED) is 0.0776. The van der Waals surface area contributed by atoms with Crippen LogP contribution in [0.25, 0.3) is 0 Å². The summed E-state index contributed by atoms with van der Waals surface area (Å²) in [5, 5.41) is 49.7. The monoisotopic (exact) mass is 632 g/mol. The van der Waals surface area contributed by atoms with Gasteiger partial charge in [0, 0.05) is 0 Å². The van der Waals surface area contributed by atoms with Crippen molar-refractivity contribution in [3.8, 4) is 17.2 Å². The first kappa shape index (κ1) is 33.0. The van der Waals surface area contributed by atoms with Crippen LogP contribution >= 0.6 is 6.83 Å². The molecule has 0 aromatic heterocycles. The van der Waals surface area contributed by atoms with Gasteiger partial charge in [-0.25, -0.2) is 0 Å². The SMILES string of the molecule is CC(c1ccc(O)cc1)(c1ccc(O)cc1)c1ccc(OP(CCC(=O)O)(CCC(=O)O)(CCC(=O)O)c2ccccc2)cc1. The number of phenols is 2. The van der Waals surface area contributed by atoms with Gasteiger partial charge in [0.1, 0.15) is 0 Å². The van der Waals surface area contributed by atoms with E-state index in [0.717, 1.165) is 16.7 Å². The predicted octanol–water partition coefficient (Wildman–Crippen LogP) is 6.05. The van der Waals surface area contributed by atoms with Crippen LogP contribution in [0.4, 0.5) is 0 Å². The van der Waals surface area contributed by atoms with Crippen molar-refractivity contribution >= 4 is 30.0 Å². The van der Waals surface area contributed by atoms with Gasteiger partial charge in [0.25, 0.3) is 0 Å². The van der Waals surface area contributed by atoms with Gasteiger partial charge in [0.05, 0.1) is 0 Å². The van der Waals surface area contributed by atoms with E-state index < -0.39 is 30.2 Å². The summed E-state index contributed by atoms with van der Waals surface area (Å²) in [5.74, 6) is -2.69. The zero-order chi connectivity index (χ0) is 32.7. The number of aliphatic carboxylic acids is 3. The summed E-state index contributed by atoms with van der Waals surface area (Å²) >= 11 is 0. The van der Waals surface area contributed by atoms with Crippen molar-refractivity contribution in [2.24, 2.45) is 0 Å². The van der Waals surface area contributed by atoms with E-state index in [1.54, 1.807) is 66.7 Å². The topological polar surface area (TPSA) is 162 Å². The molecule has 0 atom stereocenters. The maximum atomic E-state index is 11.9. The molecule has 0 heterocycles. The second-order valence-corrected chi connectivity index (χ2v) is 16.7. The summed E-state index contributed by atoms with van der Waals surface area (Å²) in [6, 6.07) is 29.7. The van der Waals surface area contributed by atoms with E-state index in [0.29, 0.717) is 11.1 Å². The van der Waals surface area contributed by atoms with Gasteiger partial charge in [-0.2, -0.15) is 0 Å². The van der Waals surface area contributed by atoms with Crippen molar-refractivity contribution in [1.29, 1.82) is 0 Å². The Bertz CT molecular complexity index is 1540. The molecule has 0 saturated heterocycles. The third kappa shape index (κ3) is 7.27. The summed E-state index contributed by atoms with van der Waals surface area (Å²) < 4.78 is 6.91. The Morgan fingerprint density at radius 2 is 0.933 bits per heavy atom. The summed E-state index contributed by atoms with van der Waals surface area (Å²) in [7, 11) is 0. The summed E-state index contributed by atoms with van der Waals surface area (Å²) in [6.45, 7) is -2.06. The van der Waals surface area contributed by atoms with Crippen LogP contribution in [0, 0.1) is 0 Å². The van der Waals surface area contributed by atoms with E-state index in [4.69, 9.17) is 4.52 Å². The van der Waals surface area contributed by atoms with Gasteiger partial charge in [-0.15, -0.1) is 0 Å². The second kappa shape index (κ2) is 13.4. The fraction of sp³-hybridized carbons (Fsp3) is 0.229. The minimum absolute atomic E-state index is 0.0357. The Morgan fingerprint density at radius 3 is 1.29 bits per heavy atom. The third-order valence-corrected chi connectivity index (χ3v) is 14.7. The van der Waals surface area contributed by atoms with Crippen molar-refractivity contribution in [3.63, 3.8) is 0 Å². The molecule has 4 aromatic carbocycles. The van der Waals surface area contributed by atoms with Gasteiger partial charge in [0.15, 0.2) is 0 Å². The molecule has 0 saturated carbocycles. The number of phenolic OH excluding ortho intramolecular Hbond substituents is 2. The van der Waals surface area contributed by atoms with Crippen LogP contribution < -0.4 is 9.83 Å². The number of carboxylic acids is 3. The Hall–Kier alpha value is -4.88. The fourth-order valence-corrected chi connectivity index (χ4v) is 11.6. The molecular weight excluding hydrogens is 595 g/mol. The van der Waals surface area contributed by atoms with Crippen LogP contribution in [0.3, 0.4) is 0 Å². The molecule has 0 aliphatic heterocycles. The first-order chi connectivity index (χ1) is 21.4. The molecule has 4 aromatic rings. The molecule has 0 radical (unpaired) electrons. The maximum absolute atomic E-state index is 11.9. The van der Waals surface area contributed by atoms with Gasteiger partial charge < -0.3 is 0 Å². The van der Waals surface area contributed by atoms with Gasteiger partial charge in [0.2, 0.25) is 0 Å². The Morgan fingerprint density at radius 1 is 0.578 bits per heavy atom. The molecule has 236 valence electrons. The molecule has 9 nitrogen and oxygen atoms in total. The molecule has 0 aliphatic carbocycles. The van der Waals surface area contributed by atoms with E-state index in [9.17, 15) is 39.9 Å². The Kier molecular flexibility index (Phi) is 9.84. The van der Waals surface area contributed by atoms with E-state index in [2.05, 4.69) is 0 Å². The molecule has 0 aliphatic rings. The third-order valence-electron chi connectivity index (χ3n) is 8.61. The van der Waals surface area contributed by atoms with Crippen LogP contribution in [-0.4, -0.2) is 61.9 Å². The molecule has 0 fully saturated rings. The van der Waals surface area contributed by atoms with E-state index in [1.807, 2.05) is 43.3 Å². The van der Waals surface area contributed by atoms with Gasteiger partial charge in [-0.05, 0) is 0 Å². The molecule has 4 rings (SSSR count). The first-order valence-electron chi connectivity index (χ1n) is 14.5. The van der Waals surface area contributed by atoms with Gasteiger partial charge in [-0.1, -0.05) is 0 Å². The van der Waals surface area contributed by atoms with E-state index in [-0.39, 0.29) is 49.2 Å². The molecule has 5 N–H and O–H groups in total. The van der Waals surface area contributed by atoms with Crippen molar-refractivity contribution in [1.82, 2.24) is 0 Å². The standard InChI is InChI=1S/C35H37O9P/c1-35(25-7-13-28(36)14-8-25,26-9-15-29(37)16-10-26)27-11-17-30(18-12-27)44-45(22-19-32(38)39,23-20-33(40)41,24-21-34(42)43)31-5-3-2-4-6-31/h2-18,36-37H,19-24H2,1H3,(H,38,39)(H,40,41)(H,42,43). The zero-order valence-electron chi connectivity index (χ0n) is 24.9. The normalized spacial score (nSPS) is 12.5. The van der Waals surface area contributed by atoms with Crippen molar-refractivity contribution in [3.05, 3.63) is 120 Å². The predicted molar refractivity (Wildman–Crippen MR) is 173 cm³/mol. The number of carbonyl (C=O) groups is 3. The summed E-state index contributed by atoms with van der Waals surface area (Å²) in [6.07, 6.45) is -1.10. The van der Waals surface area contributed by atoms with Crippen molar-refractivity contribution < 1.29 is 44.4 Å². The number of aromatic hydroxyl groups is 2. The molecule has 10 heteroatoms. The summed E-state index contributed by atoms with van der Waals surface area (Å²) in [5.41, 5.74) is 1.84. The van der Waals surface area contributed by atoms with Gasteiger partial charge in [-0.3, -0.25) is 0 Å². The molecule has 0 amide bonds. The van der Waals surface area contributed by atoms with Gasteiger partial charge >= 0.3 is 262 Å². The number of rotatable bonds is 15. The van der Waals surface area contributed by atoms with Crippen molar-refractivity contribution in [2.75, 3.05) is 18.5 Å². The Labute approximate surface area is 261 Å². The molecule has 0 spiro atoms. The zero-order valence-corrected chi connectivity index (χ0v) is 25.8. The molecule has 0 bridgehead atoms. The molecule has 0 unspecified atom stereocenters. The Balaban J connectivity index is 1.88. The minimum atomic E-state index is -4.07. The number of carboxylic acid groups (broad SMARTS) is 3. The number of hydrogen-bond acceptors (Lipinski definition) is 6. The van der Waals surface area contributed by atoms with E-state index in [1.165, 1.54) is 0 Å². The average Bonchev–Trinajstić information content (AvgIpc) is 3.03. The van der Waals surface area contributed by atoms with Crippen LogP contribution in [0.15, 0.2) is 103 Å². The van der Waals surface area contributed by atoms with Crippen molar-refractivity contribution in [2.45, 2.75) is 31.6 Å². The van der Waals surface area contributed by atoms with Crippen LogP contribution in [0.5, 0.6) is 17.2 Å². The average molecular weight is 633 g/mol. The van der Waals surface area contributed by atoms with Crippen LogP contribution in [-0.2, 0) is 19.8 Å². The number of hydrogen-bond donors (Lipinski definition) is 5. The van der Waals surface area contributed by atoms with Crippen LogP contribution in [0.1, 0.15) is 42.9 Å². The summed E-state index contributed by atoms with van der Waals surface area (Å²) in [4.78, 5) is 35.7. The molecular formula is C35H37O9P. The second-order valence-electron chi connectivity index (χ2n) is 11.4. The fourth-order valence-electron chi connectivity index (χ4n) is 6.00. The number of benzene rings is 4. The first-order valence-corrected chi connectivity index (χ1v) is 17.2.